The van der Waals surface area contributed by atoms with Crippen molar-refractivity contribution >= 4 is 68.1 Å². The molecule has 7 aromatic carbocycles. The number of nitrogens with one attached hydrogen (secondary N) is 1. The number of carboxylic acid groups (broad SMARTS) is 1. The molecule has 105 heavy (non-hydrogen) atoms. The molecular weight excluding hydrogens is 1480 g/mol. The number of rotatable bonds is 7. The molecule has 4 aliphatic heterocycles. The average molecular weight is 1550 g/mol. The number of carboxylic acids is 1. The van der Waals surface area contributed by atoms with Gasteiger partial charge in [-0.1, -0.05) is 159 Å². The summed E-state index contributed by atoms with van der Waals surface area (Å²) in [6.07, 6.45) is 1.33. The Bertz CT molecular complexity index is 4750. The summed E-state index contributed by atoms with van der Waals surface area (Å²) in [6, 6.07) is 63.5. The minimum Gasteiger partial charge on any atom is -0.477 e. The first-order valence-corrected chi connectivity index (χ1v) is 35.0. The number of carbonyl (C=O) groups excluding carboxylic acids is 3. The number of aromatic nitrogens is 4. The van der Waals surface area contributed by atoms with Gasteiger partial charge in [0, 0.05) is 79.5 Å². The van der Waals surface area contributed by atoms with Crippen molar-refractivity contribution in [3.8, 4) is 22.3 Å². The molecule has 24 heteroatoms. The minimum absolute atomic E-state index is 0.00576. The molecule has 4 aromatic heterocycles. The molecular formula is C81H71BBr2F6N8O7. The van der Waals surface area contributed by atoms with Crippen molar-refractivity contribution in [2.24, 2.45) is 0 Å². The maximum Gasteiger partial charge on any atom is 0.488 e. The lowest BCUT2D eigenvalue weighted by molar-refractivity contribution is -0.138. The molecule has 15 nitrogen and oxygen atoms in total. The van der Waals surface area contributed by atoms with Gasteiger partial charge in [0.1, 0.15) is 22.8 Å². The lowest BCUT2D eigenvalue weighted by atomic mass is 9.80. The summed E-state index contributed by atoms with van der Waals surface area (Å²) in [5.74, 6) is -1.10. The van der Waals surface area contributed by atoms with E-state index in [4.69, 9.17) is 15.2 Å². The van der Waals surface area contributed by atoms with Gasteiger partial charge in [-0.25, -0.2) is 9.78 Å². The van der Waals surface area contributed by atoms with E-state index in [0.717, 1.165) is 103 Å². The normalized spacial score (nSPS) is 13.3. The highest BCUT2D eigenvalue weighted by Crippen LogP contribution is 2.34. The fraction of sp³-hybridized carbons (Fsp3) is 0.185. The second-order valence-corrected chi connectivity index (χ2v) is 26.6. The van der Waals surface area contributed by atoms with Gasteiger partial charge in [-0.3, -0.25) is 29.3 Å². The summed E-state index contributed by atoms with van der Waals surface area (Å²) in [7, 11) is -1.73. The number of amides is 3. The molecule has 4 aliphatic rings. The van der Waals surface area contributed by atoms with Crippen LogP contribution >= 0.6 is 31.9 Å². The molecule has 0 fully saturated rings. The quantitative estimate of drug-likeness (QED) is 0.0870. The van der Waals surface area contributed by atoms with Gasteiger partial charge in [-0.05, 0) is 208 Å². The number of aromatic carboxylic acids is 1. The Hall–Kier alpha value is -10.5. The van der Waals surface area contributed by atoms with Crippen LogP contribution in [-0.2, 0) is 64.2 Å². The molecule has 0 atom stereocenters. The predicted molar refractivity (Wildman–Crippen MR) is 398 cm³/mol. The second kappa shape index (κ2) is 36.3. The van der Waals surface area contributed by atoms with Gasteiger partial charge in [0.25, 0.3) is 17.7 Å². The van der Waals surface area contributed by atoms with Crippen LogP contribution in [-0.4, -0.2) is 107 Å². The van der Waals surface area contributed by atoms with Gasteiger partial charge >= 0.3 is 25.4 Å². The van der Waals surface area contributed by atoms with E-state index in [1.807, 2.05) is 52.3 Å². The molecule has 536 valence electrons. The van der Waals surface area contributed by atoms with Crippen LogP contribution in [0.25, 0.3) is 22.3 Å². The van der Waals surface area contributed by atoms with Crippen molar-refractivity contribution in [2.45, 2.75) is 71.1 Å². The summed E-state index contributed by atoms with van der Waals surface area (Å²) in [5.41, 5.74) is 15.5. The van der Waals surface area contributed by atoms with Gasteiger partial charge in [0.05, 0.1) is 11.1 Å². The molecule has 0 saturated carbocycles. The third-order valence-electron chi connectivity index (χ3n) is 17.5. The largest absolute Gasteiger partial charge is 0.488 e. The Labute approximate surface area is 620 Å². The summed E-state index contributed by atoms with van der Waals surface area (Å²) < 4.78 is 76.5. The van der Waals surface area contributed by atoms with Gasteiger partial charge in [-0.15, -0.1) is 0 Å². The number of benzene rings is 7. The fourth-order valence-corrected chi connectivity index (χ4v) is 12.7. The van der Waals surface area contributed by atoms with E-state index in [2.05, 4.69) is 143 Å². The lowest BCUT2D eigenvalue weighted by Gasteiger charge is -2.29. The molecule has 3 amide bonds. The molecule has 0 radical (unpaired) electrons. The molecule has 0 unspecified atom stereocenters. The summed E-state index contributed by atoms with van der Waals surface area (Å²) in [5, 5.41) is 28.9. The molecule has 15 rings (SSSR count). The number of hydrogen-bond donors (Lipinski definition) is 4. The molecule has 4 N–H and O–H groups in total. The van der Waals surface area contributed by atoms with Crippen LogP contribution < -0.4 is 10.8 Å². The van der Waals surface area contributed by atoms with Gasteiger partial charge in [-0.2, -0.15) is 26.3 Å². The highest BCUT2D eigenvalue weighted by molar-refractivity contribution is 9.10. The van der Waals surface area contributed by atoms with E-state index in [-0.39, 0.29) is 28.9 Å². The van der Waals surface area contributed by atoms with Crippen molar-refractivity contribution in [1.29, 1.82) is 0 Å². The summed E-state index contributed by atoms with van der Waals surface area (Å²) in [4.78, 5) is 69.3. The van der Waals surface area contributed by atoms with Crippen LogP contribution in [0.1, 0.15) is 103 Å². The smallest absolute Gasteiger partial charge is 0.477 e. The first-order valence-electron chi connectivity index (χ1n) is 33.5. The van der Waals surface area contributed by atoms with Gasteiger partial charge in [0.2, 0.25) is 0 Å². The topological polar surface area (TPSA) is 202 Å². The summed E-state index contributed by atoms with van der Waals surface area (Å²) in [6.45, 7) is 8.10. The Balaban J connectivity index is 0.000000141. The number of fused-ring (bicyclic) bond motifs is 4. The molecule has 0 saturated heterocycles. The minimum atomic E-state index is -4.39. The van der Waals surface area contributed by atoms with Crippen LogP contribution in [0.4, 0.5) is 26.3 Å². The maximum absolute atomic E-state index is 12.8. The highest BCUT2D eigenvalue weighted by Gasteiger charge is 2.32. The number of halogens is 8. The third kappa shape index (κ3) is 21.8. The van der Waals surface area contributed by atoms with E-state index in [1.54, 1.807) is 66.0 Å². The highest BCUT2D eigenvalue weighted by atomic mass is 79.9. The Morgan fingerprint density at radius 1 is 0.410 bits per heavy atom. The van der Waals surface area contributed by atoms with Gasteiger partial charge in [0.15, 0.2) is 0 Å². The molecule has 0 aliphatic carbocycles. The lowest BCUT2D eigenvalue weighted by Crippen LogP contribution is -2.36. The first kappa shape index (κ1) is 77.1. The van der Waals surface area contributed by atoms with Crippen molar-refractivity contribution in [3.05, 3.63) is 336 Å². The maximum atomic E-state index is 12.8. The predicted octanol–water partition coefficient (Wildman–Crippen LogP) is 15.5. The standard InChI is InChI=1S/C22H17F3N2O.C22H20N2O.C15H13BrN2O.C9H10BrN.C7H6BF3O2.C6H5NO2/c23-22(24,25)19-8-6-15(7-9-19)17-5-4-16-10-12-27(14-18(16)13-17)21(28)20-3-1-2-11-26-20;1-16-5-7-17(8-6-16)19-10-9-18-11-13-24(15-20(18)14-19)22(25)21-4-2-3-12-23-21;16-13-5-4-11-6-8-18(10-12(11)9-13)15(19)14-3-1-2-7-17-14;10-9-2-1-7-3-4-11-6-8(7)5-9;9-7(10,11)5-1-3-6(4-2-5)8(12)13;8-6(9)5-3-1-2-4-7-5/h1-9,11,13H,10,12,14H2;2-10,12,14H,11,13,15H2,1H3;1-5,7,9H,6,8,10H2;1-2,5,11H,3-4,6H2;1-4,12-13H;1-4H,(H,8,9). The van der Waals surface area contributed by atoms with Crippen molar-refractivity contribution < 1.29 is 60.7 Å². The van der Waals surface area contributed by atoms with Crippen molar-refractivity contribution in [1.82, 2.24) is 40.0 Å². The van der Waals surface area contributed by atoms with E-state index >= 15 is 0 Å². The SMILES string of the molecule is Brc1ccc2c(c1)CNCC2.Cc1ccc(-c2ccc3c(c2)CN(C(=O)c2ccccn2)CC3)cc1.O=C(O)c1ccccn1.O=C(c1ccccn1)N1CCc2ccc(-c3ccc(C(F)(F)F)cc3)cc2C1.O=C(c1ccccn1)N1CCc2ccc(Br)cc2C1.OB(O)c1ccc(C(F)(F)F)cc1. The third-order valence-corrected chi connectivity index (χ3v) is 18.5. The van der Waals surface area contributed by atoms with Crippen molar-refractivity contribution in [2.75, 3.05) is 26.2 Å². The Kier molecular flexibility index (Phi) is 26.6. The van der Waals surface area contributed by atoms with E-state index in [1.165, 1.54) is 85.4 Å². The Morgan fingerprint density at radius 3 is 1.11 bits per heavy atom. The number of alkyl halides is 6. The van der Waals surface area contributed by atoms with Crippen molar-refractivity contribution in [3.63, 3.8) is 0 Å². The second-order valence-electron chi connectivity index (χ2n) is 24.7. The average Bonchev–Trinajstić information content (AvgIpc) is 0.773. The van der Waals surface area contributed by atoms with E-state index in [9.17, 15) is 45.5 Å². The molecule has 0 spiro atoms. The number of hydrogen-bond acceptors (Lipinski definition) is 11. The van der Waals surface area contributed by atoms with Crippen LogP contribution in [0, 0.1) is 6.92 Å². The Morgan fingerprint density at radius 2 is 0.752 bits per heavy atom. The number of aryl methyl sites for hydroxylation is 1. The zero-order chi connectivity index (χ0) is 74.6. The molecule has 8 heterocycles. The summed E-state index contributed by atoms with van der Waals surface area (Å²) >= 11 is 6.94. The number of carbonyl (C=O) groups is 4. The number of nitrogens with zero attached hydrogens (tertiary/aromatic N) is 7. The first-order chi connectivity index (χ1) is 50.4. The van der Waals surface area contributed by atoms with Crippen LogP contribution in [0.15, 0.2) is 252 Å². The van der Waals surface area contributed by atoms with E-state index < -0.39 is 36.6 Å². The zero-order valence-corrected chi connectivity index (χ0v) is 60.0. The zero-order valence-electron chi connectivity index (χ0n) is 56.8. The van der Waals surface area contributed by atoms with Gasteiger partial charge < -0.3 is 35.2 Å². The molecule has 0 bridgehead atoms. The molecule has 11 aromatic rings. The van der Waals surface area contributed by atoms with E-state index in [0.29, 0.717) is 48.8 Å². The van der Waals surface area contributed by atoms with Crippen LogP contribution in [0.5, 0.6) is 0 Å². The number of pyridine rings is 4. The monoisotopic (exact) mass is 1550 g/mol. The van der Waals surface area contributed by atoms with Crippen LogP contribution in [0.3, 0.4) is 0 Å². The fourth-order valence-electron chi connectivity index (χ4n) is 11.9. The van der Waals surface area contributed by atoms with Crippen LogP contribution in [0.2, 0.25) is 0 Å².